The first-order chi connectivity index (χ1) is 16.3. The van der Waals surface area contributed by atoms with Crippen molar-refractivity contribution >= 4 is 5.97 Å². The van der Waals surface area contributed by atoms with E-state index in [2.05, 4.69) is 0 Å². The lowest BCUT2D eigenvalue weighted by Gasteiger charge is -2.29. The number of hydrogen-bond donors (Lipinski definition) is 0. The minimum Gasteiger partial charge on any atom is -0.490 e. The summed E-state index contributed by atoms with van der Waals surface area (Å²) in [4.78, 5) is 12.0. The summed E-state index contributed by atoms with van der Waals surface area (Å²) in [5.74, 6) is -2.74. The maximum absolute atomic E-state index is 14.7. The van der Waals surface area contributed by atoms with Crippen LogP contribution in [-0.2, 0) is 9.53 Å². The molecule has 34 heavy (non-hydrogen) atoms. The van der Waals surface area contributed by atoms with Gasteiger partial charge in [0.25, 0.3) is 0 Å². The van der Waals surface area contributed by atoms with Crippen LogP contribution in [0.5, 0.6) is 5.75 Å². The second kappa shape index (κ2) is 12.3. The Hall–Kier alpha value is -2.50. The van der Waals surface area contributed by atoms with Crippen LogP contribution in [0, 0.1) is 17.6 Å². The second-order valence-electron chi connectivity index (χ2n) is 9.26. The fraction of sp³-hybridized carbons (Fsp3) is 0.536. The molecular formula is C28H35F3O3. The number of halogens is 3. The molecule has 1 aliphatic carbocycles. The zero-order valence-corrected chi connectivity index (χ0v) is 20.3. The number of carbonyl (C=O) groups is 1. The van der Waals surface area contributed by atoms with Gasteiger partial charge in [-0.15, -0.1) is 0 Å². The van der Waals surface area contributed by atoms with Gasteiger partial charge in [-0.05, 0) is 67.2 Å². The predicted molar refractivity (Wildman–Crippen MR) is 128 cm³/mol. The van der Waals surface area contributed by atoms with Crippen molar-refractivity contribution in [3.8, 4) is 16.9 Å². The first-order valence-corrected chi connectivity index (χ1v) is 12.4. The monoisotopic (exact) mass is 476 g/mol. The molecule has 0 unspecified atom stereocenters. The Bertz CT molecular complexity index is 937. The zero-order valence-electron chi connectivity index (χ0n) is 20.3. The van der Waals surface area contributed by atoms with Crippen LogP contribution in [0.1, 0.15) is 77.2 Å². The quantitative estimate of drug-likeness (QED) is 0.260. The number of ether oxygens (including phenoxy) is 2. The maximum Gasteiger partial charge on any atom is 0.341 e. The van der Waals surface area contributed by atoms with E-state index >= 15 is 0 Å². The third kappa shape index (κ3) is 6.34. The largest absolute Gasteiger partial charge is 0.490 e. The fourth-order valence-electron chi connectivity index (χ4n) is 4.31. The summed E-state index contributed by atoms with van der Waals surface area (Å²) < 4.78 is 53.9. The summed E-state index contributed by atoms with van der Waals surface area (Å²) in [6, 6.07) is 10.5. The highest BCUT2D eigenvalue weighted by Crippen LogP contribution is 2.36. The molecule has 3 rings (SSSR count). The van der Waals surface area contributed by atoms with E-state index in [-0.39, 0.29) is 29.3 Å². The Morgan fingerprint density at radius 2 is 1.68 bits per heavy atom. The third-order valence-corrected chi connectivity index (χ3v) is 6.82. The lowest BCUT2D eigenvalue weighted by molar-refractivity contribution is -0.158. The van der Waals surface area contributed by atoms with Crippen molar-refractivity contribution in [1.82, 2.24) is 0 Å². The van der Waals surface area contributed by atoms with Crippen LogP contribution >= 0.6 is 0 Å². The van der Waals surface area contributed by atoms with E-state index in [0.29, 0.717) is 31.4 Å². The molecule has 0 radical (unpaired) electrons. The van der Waals surface area contributed by atoms with Gasteiger partial charge < -0.3 is 9.47 Å². The van der Waals surface area contributed by atoms with Gasteiger partial charge in [-0.25, -0.2) is 13.6 Å². The minimum atomic E-state index is -1.57. The van der Waals surface area contributed by atoms with Crippen LogP contribution in [0.3, 0.4) is 0 Å². The van der Waals surface area contributed by atoms with E-state index in [1.165, 1.54) is 6.07 Å². The number of hydrogen-bond acceptors (Lipinski definition) is 3. The Kier molecular flexibility index (Phi) is 9.43. The zero-order chi connectivity index (χ0) is 24.7. The molecule has 0 N–H and O–H groups in total. The average Bonchev–Trinajstić information content (AvgIpc) is 2.86. The average molecular weight is 477 g/mol. The normalized spacial score (nSPS) is 19.9. The molecule has 0 heterocycles. The Morgan fingerprint density at radius 3 is 2.29 bits per heavy atom. The van der Waals surface area contributed by atoms with Crippen molar-refractivity contribution in [3.63, 3.8) is 0 Å². The van der Waals surface area contributed by atoms with Gasteiger partial charge >= 0.3 is 5.97 Å². The molecule has 186 valence electrons. The van der Waals surface area contributed by atoms with Crippen molar-refractivity contribution in [2.75, 3.05) is 6.61 Å². The lowest BCUT2D eigenvalue weighted by atomic mass is 9.82. The minimum absolute atomic E-state index is 0.0630. The third-order valence-electron chi connectivity index (χ3n) is 6.82. The lowest BCUT2D eigenvalue weighted by Crippen LogP contribution is -2.31. The number of esters is 1. The first kappa shape index (κ1) is 26.1. The number of carbonyl (C=O) groups excluding carboxylic acids is 1. The number of benzene rings is 2. The number of rotatable bonds is 10. The number of unbranched alkanes of at least 4 members (excludes halogenated alkanes) is 1. The highest BCUT2D eigenvalue weighted by Gasteiger charge is 2.30. The SMILES string of the molecule is CCCCOc1ccc(-c2ccc(C3CCC(OC(=O)[C@@H](F)[C@@H](C)CC)CC3)cc2)c(F)c1F. The second-order valence-corrected chi connectivity index (χ2v) is 9.26. The van der Waals surface area contributed by atoms with E-state index in [1.54, 1.807) is 25.1 Å². The molecule has 0 aliphatic heterocycles. The highest BCUT2D eigenvalue weighted by atomic mass is 19.2. The molecule has 0 spiro atoms. The van der Waals surface area contributed by atoms with Gasteiger partial charge in [-0.2, -0.15) is 4.39 Å². The van der Waals surface area contributed by atoms with Crippen molar-refractivity contribution < 1.29 is 27.4 Å². The molecule has 1 aliphatic rings. The molecule has 3 nitrogen and oxygen atoms in total. The van der Waals surface area contributed by atoms with E-state index in [0.717, 1.165) is 31.2 Å². The molecule has 6 heteroatoms. The van der Waals surface area contributed by atoms with Crippen LogP contribution < -0.4 is 4.74 Å². The smallest absolute Gasteiger partial charge is 0.341 e. The van der Waals surface area contributed by atoms with E-state index in [1.807, 2.05) is 26.0 Å². The van der Waals surface area contributed by atoms with Crippen LogP contribution in [0.2, 0.25) is 0 Å². The van der Waals surface area contributed by atoms with Crippen molar-refractivity contribution in [2.45, 2.75) is 83.9 Å². The van der Waals surface area contributed by atoms with Gasteiger partial charge in [-0.3, -0.25) is 0 Å². The van der Waals surface area contributed by atoms with Gasteiger partial charge in [-0.1, -0.05) is 57.9 Å². The summed E-state index contributed by atoms with van der Waals surface area (Å²) in [6.45, 7) is 5.92. The highest BCUT2D eigenvalue weighted by molar-refractivity contribution is 5.75. The van der Waals surface area contributed by atoms with E-state index in [9.17, 15) is 18.0 Å². The first-order valence-electron chi connectivity index (χ1n) is 12.4. The summed E-state index contributed by atoms with van der Waals surface area (Å²) in [6.07, 6.45) is 3.48. The van der Waals surface area contributed by atoms with E-state index in [4.69, 9.17) is 9.47 Å². The standard InChI is InChI=1S/C28H35F3O3/c1-4-6-17-33-24-16-15-23(26(30)27(24)31)21-9-7-19(8-10-21)20-11-13-22(14-12-20)34-28(32)25(29)18(3)5-2/h7-10,15-16,18,20,22,25H,4-6,11-14,17H2,1-3H3/t18-,20?,22?,25-/m0/s1. The van der Waals surface area contributed by atoms with Crippen LogP contribution in [0.15, 0.2) is 36.4 Å². The molecule has 1 fully saturated rings. The topological polar surface area (TPSA) is 35.5 Å². The molecule has 2 atom stereocenters. The predicted octanol–water partition coefficient (Wildman–Crippen LogP) is 7.76. The molecule has 2 aromatic rings. The van der Waals surface area contributed by atoms with Gasteiger partial charge in [0.05, 0.1) is 6.61 Å². The van der Waals surface area contributed by atoms with Crippen LogP contribution in [-0.4, -0.2) is 24.9 Å². The Morgan fingerprint density at radius 1 is 1.00 bits per heavy atom. The number of alkyl halides is 1. The Labute approximate surface area is 200 Å². The summed E-state index contributed by atoms with van der Waals surface area (Å²) >= 11 is 0. The summed E-state index contributed by atoms with van der Waals surface area (Å²) in [7, 11) is 0. The molecular weight excluding hydrogens is 441 g/mol. The molecule has 0 bridgehead atoms. The maximum atomic E-state index is 14.7. The van der Waals surface area contributed by atoms with Crippen molar-refractivity contribution in [2.24, 2.45) is 5.92 Å². The van der Waals surface area contributed by atoms with Crippen LogP contribution in [0.25, 0.3) is 11.1 Å². The molecule has 0 saturated heterocycles. The van der Waals surface area contributed by atoms with Crippen LogP contribution in [0.4, 0.5) is 13.2 Å². The summed E-state index contributed by atoms with van der Waals surface area (Å²) in [5.41, 5.74) is 1.91. The van der Waals surface area contributed by atoms with E-state index < -0.39 is 23.8 Å². The molecule has 0 amide bonds. The summed E-state index contributed by atoms with van der Waals surface area (Å²) in [5, 5.41) is 0. The van der Waals surface area contributed by atoms with Crippen molar-refractivity contribution in [1.29, 1.82) is 0 Å². The van der Waals surface area contributed by atoms with Gasteiger partial charge in [0.1, 0.15) is 6.10 Å². The van der Waals surface area contributed by atoms with Gasteiger partial charge in [0.2, 0.25) is 5.82 Å². The Balaban J connectivity index is 1.58. The van der Waals surface area contributed by atoms with Gasteiger partial charge in [0.15, 0.2) is 17.7 Å². The van der Waals surface area contributed by atoms with Crippen molar-refractivity contribution in [3.05, 3.63) is 53.6 Å². The molecule has 1 saturated carbocycles. The molecule has 0 aromatic heterocycles. The van der Waals surface area contributed by atoms with Gasteiger partial charge in [0, 0.05) is 5.56 Å². The fourth-order valence-corrected chi connectivity index (χ4v) is 4.31. The molecule has 2 aromatic carbocycles.